The molecule has 0 radical (unpaired) electrons. The van der Waals surface area contributed by atoms with Crippen LogP contribution < -0.4 is 15.5 Å². The molecule has 0 fully saturated rings. The molecule has 0 aliphatic rings. The number of hydrogen-bond donors (Lipinski definition) is 2. The molecule has 0 bridgehead atoms. The first-order chi connectivity index (χ1) is 15.8. The topological polar surface area (TPSA) is 106 Å². The Bertz CT molecular complexity index is 1150. The van der Waals surface area contributed by atoms with Crippen LogP contribution >= 0.6 is 61.1 Å². The van der Waals surface area contributed by atoms with Crippen LogP contribution in [0.5, 0.6) is 5.75 Å². The molecule has 0 aromatic heterocycles. The normalized spacial score (nSPS) is 10.8. The molecule has 0 saturated carbocycles. The van der Waals surface area contributed by atoms with Gasteiger partial charge >= 0.3 is 0 Å². The molecule has 11 heteroatoms. The van der Waals surface area contributed by atoms with E-state index < -0.39 is 4.92 Å². The van der Waals surface area contributed by atoms with Crippen LogP contribution in [0, 0.1) is 17.3 Å². The van der Waals surface area contributed by atoms with Crippen molar-refractivity contribution >= 4 is 84.6 Å². The number of ether oxygens (including phenoxy) is 1. The van der Waals surface area contributed by atoms with Crippen molar-refractivity contribution < 1.29 is 14.5 Å². The van der Waals surface area contributed by atoms with Crippen LogP contribution in [0.25, 0.3) is 0 Å². The van der Waals surface area contributed by atoms with E-state index in [1.54, 1.807) is 18.3 Å². The number of hydrogen-bond acceptors (Lipinski definition) is 6. The first-order valence-corrected chi connectivity index (χ1v) is 12.4. The maximum absolute atomic E-state index is 12.0. The summed E-state index contributed by atoms with van der Waals surface area (Å²) in [6, 6.07) is 17.6. The molecule has 1 amide bonds. The lowest BCUT2D eigenvalue weighted by atomic mass is 10.2. The zero-order chi connectivity index (χ0) is 23.8. The summed E-state index contributed by atoms with van der Waals surface area (Å²) < 4.78 is 8.65. The number of hydrazone groups is 1. The molecule has 3 aromatic rings. The van der Waals surface area contributed by atoms with Crippen LogP contribution in [-0.4, -0.2) is 23.6 Å². The quantitative estimate of drug-likeness (QED) is 0.127. The van der Waals surface area contributed by atoms with E-state index in [2.05, 4.69) is 77.0 Å². The monoisotopic (exact) mass is 734 g/mol. The van der Waals surface area contributed by atoms with E-state index in [4.69, 9.17) is 4.74 Å². The van der Waals surface area contributed by atoms with Crippen LogP contribution in [0.2, 0.25) is 0 Å². The van der Waals surface area contributed by atoms with Gasteiger partial charge in [0.05, 0.1) is 24.8 Å². The van der Waals surface area contributed by atoms with Crippen molar-refractivity contribution in [3.63, 3.8) is 0 Å². The summed E-state index contributed by atoms with van der Waals surface area (Å²) in [5.74, 6) is 0.455. The first kappa shape index (κ1) is 25.4. The number of non-ortho nitro benzene ring substituents is 1. The number of nitro benzene ring substituents is 1. The molecule has 0 heterocycles. The number of halogens is 3. The number of nitrogens with one attached hydrogen (secondary N) is 2. The molecule has 0 saturated heterocycles. The summed E-state index contributed by atoms with van der Waals surface area (Å²) in [6.45, 7) is 0.391. The molecule has 0 aliphatic carbocycles. The van der Waals surface area contributed by atoms with Crippen molar-refractivity contribution in [1.82, 2.24) is 5.43 Å². The Morgan fingerprint density at radius 1 is 1.09 bits per heavy atom. The van der Waals surface area contributed by atoms with E-state index >= 15 is 0 Å². The lowest BCUT2D eigenvalue weighted by Gasteiger charge is -2.11. The van der Waals surface area contributed by atoms with Crippen molar-refractivity contribution in [3.05, 3.63) is 93.5 Å². The second-order valence-corrected chi connectivity index (χ2v) is 9.92. The molecular formula is C22H17BrI2N4O4. The molecule has 3 rings (SSSR count). The number of rotatable bonds is 9. The summed E-state index contributed by atoms with van der Waals surface area (Å²) >= 11 is 7.71. The highest BCUT2D eigenvalue weighted by atomic mass is 127. The molecule has 0 aliphatic heterocycles. The Morgan fingerprint density at radius 3 is 2.33 bits per heavy atom. The summed E-state index contributed by atoms with van der Waals surface area (Å²) in [6.07, 6.45) is 1.57. The average Bonchev–Trinajstić information content (AvgIpc) is 2.78. The highest BCUT2D eigenvalue weighted by molar-refractivity contribution is 14.1. The Labute approximate surface area is 225 Å². The van der Waals surface area contributed by atoms with Crippen molar-refractivity contribution in [2.45, 2.75) is 6.61 Å². The van der Waals surface area contributed by atoms with Crippen molar-refractivity contribution in [2.24, 2.45) is 5.10 Å². The highest BCUT2D eigenvalue weighted by Crippen LogP contribution is 2.29. The third-order valence-corrected chi connectivity index (χ3v) is 6.38. The number of carbonyl (C=O) groups excluding carboxylic acids is 1. The zero-order valence-corrected chi connectivity index (χ0v) is 22.8. The van der Waals surface area contributed by atoms with Crippen molar-refractivity contribution in [3.8, 4) is 5.75 Å². The fraction of sp³-hybridized carbons (Fsp3) is 0.0909. The zero-order valence-electron chi connectivity index (χ0n) is 16.9. The number of anilines is 1. The Hall–Kier alpha value is -2.26. The molecule has 0 atom stereocenters. The maximum Gasteiger partial charge on any atom is 0.269 e. The van der Waals surface area contributed by atoms with Gasteiger partial charge in [-0.25, -0.2) is 5.43 Å². The molecule has 8 nitrogen and oxygen atoms in total. The highest BCUT2D eigenvalue weighted by Gasteiger charge is 2.10. The first-order valence-electron chi connectivity index (χ1n) is 9.48. The summed E-state index contributed by atoms with van der Waals surface area (Å²) in [4.78, 5) is 22.3. The van der Waals surface area contributed by atoms with Crippen molar-refractivity contribution in [1.29, 1.82) is 0 Å². The van der Waals surface area contributed by atoms with E-state index in [0.29, 0.717) is 6.61 Å². The van der Waals surface area contributed by atoms with Crippen LogP contribution in [0.3, 0.4) is 0 Å². The van der Waals surface area contributed by atoms with Crippen LogP contribution in [0.15, 0.2) is 70.2 Å². The van der Waals surface area contributed by atoms with Gasteiger partial charge in [-0.1, -0.05) is 15.9 Å². The van der Waals surface area contributed by atoms with Crippen molar-refractivity contribution in [2.75, 3.05) is 11.9 Å². The smallest absolute Gasteiger partial charge is 0.269 e. The van der Waals surface area contributed by atoms with Crippen LogP contribution in [0.4, 0.5) is 11.4 Å². The van der Waals surface area contributed by atoms with Gasteiger partial charge < -0.3 is 10.1 Å². The van der Waals surface area contributed by atoms with Crippen LogP contribution in [-0.2, 0) is 11.4 Å². The number of nitrogens with zero attached hydrogens (tertiary/aromatic N) is 2. The predicted molar refractivity (Wildman–Crippen MR) is 148 cm³/mol. The molecular weight excluding hydrogens is 718 g/mol. The number of amides is 1. The Balaban J connectivity index is 1.53. The largest absolute Gasteiger partial charge is 0.487 e. The lowest BCUT2D eigenvalue weighted by Crippen LogP contribution is -2.25. The molecule has 0 spiro atoms. The van der Waals surface area contributed by atoms with Gasteiger partial charge in [0.15, 0.2) is 0 Å². The predicted octanol–water partition coefficient (Wildman–Crippen LogP) is 5.71. The number of nitro groups is 1. The van der Waals surface area contributed by atoms with E-state index in [-0.39, 0.29) is 18.1 Å². The standard InChI is InChI=1S/C22H17BrI2N4O4/c23-16-3-5-17(6-4-16)26-12-21(30)28-27-11-15-9-19(24)22(20(25)10-15)33-13-14-1-7-18(8-2-14)29(31)32/h1-11,26H,12-13H2,(H,28,30)/b27-11-. The van der Waals surface area contributed by atoms with Crippen LogP contribution in [0.1, 0.15) is 11.1 Å². The van der Waals surface area contributed by atoms with E-state index in [1.165, 1.54) is 12.1 Å². The van der Waals surface area contributed by atoms with Gasteiger partial charge in [-0.15, -0.1) is 0 Å². The second-order valence-electron chi connectivity index (χ2n) is 6.68. The Morgan fingerprint density at radius 2 is 1.73 bits per heavy atom. The Kier molecular flexibility index (Phi) is 9.43. The summed E-state index contributed by atoms with van der Waals surface area (Å²) in [7, 11) is 0. The number of carbonyl (C=O) groups is 1. The van der Waals surface area contributed by atoms with Gasteiger partial charge in [-0.3, -0.25) is 14.9 Å². The SMILES string of the molecule is O=C(CNc1ccc(Br)cc1)N/N=C\c1cc(I)c(OCc2ccc([N+](=O)[O-])cc2)c(I)c1. The van der Waals surface area contributed by atoms with Gasteiger partial charge in [-0.2, -0.15) is 5.10 Å². The minimum atomic E-state index is -0.432. The molecule has 33 heavy (non-hydrogen) atoms. The fourth-order valence-corrected chi connectivity index (χ4v) is 5.02. The molecule has 0 unspecified atom stereocenters. The van der Waals surface area contributed by atoms with Gasteiger partial charge in [0, 0.05) is 22.3 Å². The average molecular weight is 735 g/mol. The third kappa shape index (κ3) is 7.92. The van der Waals surface area contributed by atoms with E-state index in [1.807, 2.05) is 36.4 Å². The summed E-state index contributed by atoms with van der Waals surface area (Å²) in [5, 5.41) is 17.8. The third-order valence-electron chi connectivity index (χ3n) is 4.25. The molecule has 3 aromatic carbocycles. The fourth-order valence-electron chi connectivity index (χ4n) is 2.63. The number of benzene rings is 3. The van der Waals surface area contributed by atoms with Gasteiger partial charge in [0.1, 0.15) is 12.4 Å². The van der Waals surface area contributed by atoms with Gasteiger partial charge in [0.25, 0.3) is 11.6 Å². The lowest BCUT2D eigenvalue weighted by molar-refractivity contribution is -0.384. The van der Waals surface area contributed by atoms with E-state index in [9.17, 15) is 14.9 Å². The van der Waals surface area contributed by atoms with Gasteiger partial charge in [0.2, 0.25) is 0 Å². The molecule has 2 N–H and O–H groups in total. The maximum atomic E-state index is 12.0. The molecule has 170 valence electrons. The summed E-state index contributed by atoms with van der Waals surface area (Å²) in [5.41, 5.74) is 5.03. The second kappa shape index (κ2) is 12.3. The van der Waals surface area contributed by atoms with E-state index in [0.717, 1.165) is 34.2 Å². The minimum Gasteiger partial charge on any atom is -0.487 e. The van der Waals surface area contributed by atoms with Gasteiger partial charge in [-0.05, 0) is 105 Å². The minimum absolute atomic E-state index is 0.0442.